The van der Waals surface area contributed by atoms with Crippen LogP contribution in [0.25, 0.3) is 10.8 Å². The Labute approximate surface area is 151 Å². The lowest BCUT2D eigenvalue weighted by molar-refractivity contribution is -0.116. The standard InChI is InChI=1S/C21H17N3O2/c1-24(21(26)17-11-9-15(13-22)10-12-17)14-20(25)23-19-8-4-6-16-5-2-3-7-18(16)19/h2-12H,14H2,1H3,(H,23,25). The number of rotatable bonds is 4. The second-order valence-electron chi connectivity index (χ2n) is 5.93. The normalized spacial score (nSPS) is 10.2. The van der Waals surface area contributed by atoms with Crippen molar-refractivity contribution in [2.75, 3.05) is 18.9 Å². The highest BCUT2D eigenvalue weighted by Gasteiger charge is 2.15. The molecule has 0 unspecified atom stereocenters. The van der Waals surface area contributed by atoms with E-state index < -0.39 is 0 Å². The summed E-state index contributed by atoms with van der Waals surface area (Å²) >= 11 is 0. The van der Waals surface area contributed by atoms with E-state index in [1.807, 2.05) is 48.5 Å². The fraction of sp³-hybridized carbons (Fsp3) is 0.0952. The van der Waals surface area contributed by atoms with Crippen molar-refractivity contribution in [2.24, 2.45) is 0 Å². The van der Waals surface area contributed by atoms with Gasteiger partial charge in [0, 0.05) is 23.7 Å². The Morgan fingerprint density at radius 2 is 1.69 bits per heavy atom. The molecular weight excluding hydrogens is 326 g/mol. The third kappa shape index (κ3) is 3.70. The van der Waals surface area contributed by atoms with E-state index in [9.17, 15) is 9.59 Å². The zero-order valence-corrected chi connectivity index (χ0v) is 14.3. The number of hydrogen-bond acceptors (Lipinski definition) is 3. The van der Waals surface area contributed by atoms with Crippen molar-refractivity contribution in [1.29, 1.82) is 5.26 Å². The van der Waals surface area contributed by atoms with Crippen molar-refractivity contribution < 1.29 is 9.59 Å². The quantitative estimate of drug-likeness (QED) is 0.789. The summed E-state index contributed by atoms with van der Waals surface area (Å²) in [5.41, 5.74) is 1.63. The molecule has 5 heteroatoms. The Hall–Kier alpha value is -3.65. The first-order valence-electron chi connectivity index (χ1n) is 8.12. The van der Waals surface area contributed by atoms with Crippen LogP contribution in [-0.2, 0) is 4.79 Å². The minimum Gasteiger partial charge on any atom is -0.332 e. The van der Waals surface area contributed by atoms with Crippen molar-refractivity contribution in [3.8, 4) is 6.07 Å². The molecule has 3 aromatic rings. The SMILES string of the molecule is CN(CC(=O)Nc1cccc2ccccc12)C(=O)c1ccc(C#N)cc1. The van der Waals surface area contributed by atoms with Crippen molar-refractivity contribution >= 4 is 28.3 Å². The second kappa shape index (κ2) is 7.49. The van der Waals surface area contributed by atoms with E-state index in [1.54, 1.807) is 31.3 Å². The van der Waals surface area contributed by atoms with E-state index in [2.05, 4.69) is 5.32 Å². The highest BCUT2D eigenvalue weighted by molar-refractivity contribution is 6.04. The number of benzene rings is 3. The van der Waals surface area contributed by atoms with Gasteiger partial charge >= 0.3 is 0 Å². The lowest BCUT2D eigenvalue weighted by Gasteiger charge is -2.17. The molecule has 3 aromatic carbocycles. The van der Waals surface area contributed by atoms with Crippen LogP contribution in [0.1, 0.15) is 15.9 Å². The summed E-state index contributed by atoms with van der Waals surface area (Å²) in [7, 11) is 1.57. The highest BCUT2D eigenvalue weighted by Crippen LogP contribution is 2.22. The summed E-state index contributed by atoms with van der Waals surface area (Å²) in [6.45, 7) is -0.0674. The van der Waals surface area contributed by atoms with Gasteiger partial charge in [0.25, 0.3) is 5.91 Å². The predicted molar refractivity (Wildman–Crippen MR) is 101 cm³/mol. The lowest BCUT2D eigenvalue weighted by atomic mass is 10.1. The molecular formula is C21H17N3O2. The van der Waals surface area contributed by atoms with E-state index >= 15 is 0 Å². The average molecular weight is 343 g/mol. The van der Waals surface area contributed by atoms with Gasteiger partial charge < -0.3 is 10.2 Å². The monoisotopic (exact) mass is 343 g/mol. The van der Waals surface area contributed by atoms with Crippen LogP contribution in [0.5, 0.6) is 0 Å². The van der Waals surface area contributed by atoms with Crippen LogP contribution in [-0.4, -0.2) is 30.3 Å². The third-order valence-electron chi connectivity index (χ3n) is 4.05. The Bertz CT molecular complexity index is 998. The summed E-state index contributed by atoms with van der Waals surface area (Å²) in [4.78, 5) is 26.1. The molecule has 2 amide bonds. The molecule has 0 atom stereocenters. The summed E-state index contributed by atoms with van der Waals surface area (Å²) in [5.74, 6) is -0.548. The van der Waals surface area contributed by atoms with Gasteiger partial charge in [-0.15, -0.1) is 0 Å². The number of carbonyl (C=O) groups is 2. The molecule has 0 spiro atoms. The number of nitrogens with zero attached hydrogens (tertiary/aromatic N) is 2. The molecule has 0 radical (unpaired) electrons. The van der Waals surface area contributed by atoms with Gasteiger partial charge in [-0.05, 0) is 35.7 Å². The largest absolute Gasteiger partial charge is 0.332 e. The van der Waals surface area contributed by atoms with Crippen molar-refractivity contribution in [3.05, 3.63) is 77.9 Å². The first-order valence-corrected chi connectivity index (χ1v) is 8.12. The topological polar surface area (TPSA) is 73.2 Å². The van der Waals surface area contributed by atoms with E-state index in [0.29, 0.717) is 16.8 Å². The van der Waals surface area contributed by atoms with E-state index in [4.69, 9.17) is 5.26 Å². The van der Waals surface area contributed by atoms with Gasteiger partial charge in [-0.25, -0.2) is 0 Å². The molecule has 5 nitrogen and oxygen atoms in total. The molecule has 0 fully saturated rings. The number of hydrogen-bond donors (Lipinski definition) is 1. The summed E-state index contributed by atoms with van der Waals surface area (Å²) < 4.78 is 0. The van der Waals surface area contributed by atoms with Gasteiger partial charge in [-0.2, -0.15) is 5.26 Å². The Morgan fingerprint density at radius 3 is 2.42 bits per heavy atom. The zero-order valence-electron chi connectivity index (χ0n) is 14.3. The van der Waals surface area contributed by atoms with Crippen molar-refractivity contribution in [3.63, 3.8) is 0 Å². The number of likely N-dealkylation sites (N-methyl/N-ethyl adjacent to an activating group) is 1. The first kappa shape index (κ1) is 17.2. The summed E-state index contributed by atoms with van der Waals surface area (Å²) in [5, 5.41) is 13.7. The van der Waals surface area contributed by atoms with E-state index in [1.165, 1.54) is 4.90 Å². The maximum atomic E-state index is 12.4. The first-order chi connectivity index (χ1) is 12.6. The van der Waals surface area contributed by atoms with Gasteiger partial charge in [0.1, 0.15) is 0 Å². The number of fused-ring (bicyclic) bond motifs is 1. The van der Waals surface area contributed by atoms with Crippen LogP contribution >= 0.6 is 0 Å². The van der Waals surface area contributed by atoms with Gasteiger partial charge in [-0.1, -0.05) is 36.4 Å². The fourth-order valence-corrected chi connectivity index (χ4v) is 2.72. The van der Waals surface area contributed by atoms with Gasteiger partial charge in [0.05, 0.1) is 18.2 Å². The van der Waals surface area contributed by atoms with Crippen molar-refractivity contribution in [2.45, 2.75) is 0 Å². The van der Waals surface area contributed by atoms with Gasteiger partial charge in [0.2, 0.25) is 5.91 Å². The molecule has 0 saturated carbocycles. The highest BCUT2D eigenvalue weighted by atomic mass is 16.2. The van der Waals surface area contributed by atoms with Crippen LogP contribution in [0.3, 0.4) is 0 Å². The van der Waals surface area contributed by atoms with E-state index in [-0.39, 0.29) is 18.4 Å². The minimum atomic E-state index is -0.275. The zero-order chi connectivity index (χ0) is 18.5. The molecule has 128 valence electrons. The summed E-state index contributed by atoms with van der Waals surface area (Å²) in [6, 6.07) is 21.8. The Kier molecular flexibility index (Phi) is 4.95. The maximum Gasteiger partial charge on any atom is 0.254 e. The number of anilines is 1. The van der Waals surface area contributed by atoms with E-state index in [0.717, 1.165) is 10.8 Å². The van der Waals surface area contributed by atoms with Crippen LogP contribution in [0, 0.1) is 11.3 Å². The van der Waals surface area contributed by atoms with Crippen molar-refractivity contribution in [1.82, 2.24) is 4.90 Å². The number of nitriles is 1. The predicted octanol–water partition coefficient (Wildman–Crippen LogP) is 3.42. The lowest BCUT2D eigenvalue weighted by Crippen LogP contribution is -2.34. The fourth-order valence-electron chi connectivity index (χ4n) is 2.72. The maximum absolute atomic E-state index is 12.4. The van der Waals surface area contributed by atoms with Gasteiger partial charge in [0.15, 0.2) is 0 Å². The van der Waals surface area contributed by atoms with Gasteiger partial charge in [-0.3, -0.25) is 9.59 Å². The second-order valence-corrected chi connectivity index (χ2v) is 5.93. The molecule has 26 heavy (non-hydrogen) atoms. The molecule has 0 aliphatic carbocycles. The smallest absolute Gasteiger partial charge is 0.254 e. The molecule has 0 saturated heterocycles. The van der Waals surface area contributed by atoms with Crippen LogP contribution in [0.4, 0.5) is 5.69 Å². The number of amides is 2. The number of nitrogens with one attached hydrogen (secondary N) is 1. The Balaban J connectivity index is 1.68. The molecule has 0 bridgehead atoms. The molecule has 3 rings (SSSR count). The Morgan fingerprint density at radius 1 is 1.00 bits per heavy atom. The van der Waals surface area contributed by atoms with Crippen LogP contribution < -0.4 is 5.32 Å². The number of carbonyl (C=O) groups excluding carboxylic acids is 2. The summed E-state index contributed by atoms with van der Waals surface area (Å²) in [6.07, 6.45) is 0. The minimum absolute atomic E-state index is 0.0674. The third-order valence-corrected chi connectivity index (χ3v) is 4.05. The molecule has 0 aliphatic heterocycles. The van der Waals surface area contributed by atoms with Crippen LogP contribution in [0.15, 0.2) is 66.7 Å². The molecule has 1 N–H and O–H groups in total. The molecule has 0 aromatic heterocycles. The molecule has 0 aliphatic rings. The molecule has 0 heterocycles. The average Bonchev–Trinajstić information content (AvgIpc) is 2.67. The van der Waals surface area contributed by atoms with Crippen LogP contribution in [0.2, 0.25) is 0 Å².